The third-order valence-corrected chi connectivity index (χ3v) is 5.55. The van der Waals surface area contributed by atoms with E-state index >= 15 is 0 Å². The number of carboxylic acids is 1. The summed E-state index contributed by atoms with van der Waals surface area (Å²) >= 11 is 0. The van der Waals surface area contributed by atoms with Gasteiger partial charge in [-0.25, -0.2) is 9.59 Å². The minimum absolute atomic E-state index is 0.103. The molecule has 0 fully saturated rings. The van der Waals surface area contributed by atoms with Crippen LogP contribution >= 0.6 is 0 Å². The van der Waals surface area contributed by atoms with Crippen molar-refractivity contribution in [1.82, 2.24) is 10.6 Å². The Morgan fingerprint density at radius 2 is 1.47 bits per heavy atom. The number of ether oxygens (including phenoxy) is 1. The Hall–Kier alpha value is -4.57. The fourth-order valence-electron chi connectivity index (χ4n) is 4.06. The zero-order valence-corrected chi connectivity index (χ0v) is 18.2. The van der Waals surface area contributed by atoms with E-state index in [-0.39, 0.29) is 19.1 Å². The molecule has 3 aromatic rings. The molecule has 7 heteroatoms. The lowest BCUT2D eigenvalue weighted by Crippen LogP contribution is -2.41. The molecule has 0 spiro atoms. The van der Waals surface area contributed by atoms with E-state index in [9.17, 15) is 14.4 Å². The molecule has 34 heavy (non-hydrogen) atoms. The molecule has 3 N–H and O–H groups in total. The highest BCUT2D eigenvalue weighted by molar-refractivity contribution is 5.88. The SMILES string of the molecule is O=C(O)C#CCNC(=O)C(NC(=O)OCC1c2ccccc2-c2ccccc21)c1ccccc1. The van der Waals surface area contributed by atoms with Gasteiger partial charge in [0.05, 0.1) is 6.54 Å². The molecule has 1 aliphatic rings. The molecule has 0 aromatic heterocycles. The zero-order valence-electron chi connectivity index (χ0n) is 18.2. The summed E-state index contributed by atoms with van der Waals surface area (Å²) in [5.41, 5.74) is 4.98. The van der Waals surface area contributed by atoms with Crippen LogP contribution in [-0.2, 0) is 14.3 Å². The van der Waals surface area contributed by atoms with Crippen LogP contribution in [0.3, 0.4) is 0 Å². The van der Waals surface area contributed by atoms with Crippen LogP contribution in [0.4, 0.5) is 4.79 Å². The number of fused-ring (bicyclic) bond motifs is 3. The van der Waals surface area contributed by atoms with Crippen molar-refractivity contribution in [2.24, 2.45) is 0 Å². The van der Waals surface area contributed by atoms with Crippen LogP contribution in [0.2, 0.25) is 0 Å². The van der Waals surface area contributed by atoms with Gasteiger partial charge in [0, 0.05) is 11.8 Å². The topological polar surface area (TPSA) is 105 Å². The summed E-state index contributed by atoms with van der Waals surface area (Å²) in [6.45, 7) is -0.0477. The summed E-state index contributed by atoms with van der Waals surface area (Å²) in [5, 5.41) is 13.7. The van der Waals surface area contributed by atoms with E-state index in [4.69, 9.17) is 9.84 Å². The summed E-state index contributed by atoms with van der Waals surface area (Å²) in [6.07, 6.45) is -0.734. The van der Waals surface area contributed by atoms with Crippen molar-refractivity contribution < 1.29 is 24.2 Å². The fraction of sp³-hybridized carbons (Fsp3) is 0.148. The number of aliphatic carboxylic acids is 1. The second-order valence-corrected chi connectivity index (χ2v) is 7.64. The van der Waals surface area contributed by atoms with Gasteiger partial charge in [0.1, 0.15) is 12.6 Å². The molecule has 2 amide bonds. The predicted octanol–water partition coefficient (Wildman–Crippen LogP) is 3.47. The molecule has 7 nitrogen and oxygen atoms in total. The van der Waals surface area contributed by atoms with Gasteiger partial charge in [-0.15, -0.1) is 0 Å². The van der Waals surface area contributed by atoms with Crippen LogP contribution in [0.1, 0.15) is 28.7 Å². The summed E-state index contributed by atoms with van der Waals surface area (Å²) in [5.74, 6) is 2.34. The predicted molar refractivity (Wildman–Crippen MR) is 126 cm³/mol. The lowest BCUT2D eigenvalue weighted by Gasteiger charge is -2.19. The Bertz CT molecular complexity index is 1230. The monoisotopic (exact) mass is 454 g/mol. The van der Waals surface area contributed by atoms with Crippen molar-refractivity contribution in [1.29, 1.82) is 0 Å². The van der Waals surface area contributed by atoms with Gasteiger partial charge in [-0.2, -0.15) is 0 Å². The molecule has 0 saturated heterocycles. The second kappa shape index (κ2) is 10.4. The van der Waals surface area contributed by atoms with Crippen molar-refractivity contribution >= 4 is 18.0 Å². The zero-order chi connectivity index (χ0) is 23.9. The number of carbonyl (C=O) groups is 3. The van der Waals surface area contributed by atoms with Gasteiger partial charge in [0.25, 0.3) is 0 Å². The molecule has 0 aliphatic heterocycles. The van der Waals surface area contributed by atoms with Crippen molar-refractivity contribution in [2.75, 3.05) is 13.2 Å². The van der Waals surface area contributed by atoms with Crippen LogP contribution in [0.25, 0.3) is 11.1 Å². The molecule has 1 atom stereocenters. The largest absolute Gasteiger partial charge is 0.472 e. The molecule has 4 rings (SSSR count). The number of rotatable bonds is 6. The van der Waals surface area contributed by atoms with Crippen molar-refractivity contribution in [3.05, 3.63) is 95.6 Å². The number of hydrogen-bond donors (Lipinski definition) is 3. The summed E-state index contributed by atoms with van der Waals surface area (Å²) in [7, 11) is 0. The molecule has 1 aliphatic carbocycles. The molecule has 0 radical (unpaired) electrons. The standard InChI is InChI=1S/C27H22N2O5/c30-24(31)15-8-16-28-26(32)25(18-9-2-1-3-10-18)29-27(33)34-17-23-21-13-6-4-11-19(21)20-12-5-7-14-22(20)23/h1-7,9-14,23,25H,16-17H2,(H,28,32)(H,29,33)(H,30,31). The highest BCUT2D eigenvalue weighted by Crippen LogP contribution is 2.44. The van der Waals surface area contributed by atoms with Crippen molar-refractivity contribution in [3.63, 3.8) is 0 Å². The quantitative estimate of drug-likeness (QED) is 0.495. The third kappa shape index (κ3) is 5.08. The number of hydrogen-bond acceptors (Lipinski definition) is 4. The van der Waals surface area contributed by atoms with E-state index in [1.54, 1.807) is 30.3 Å². The van der Waals surface area contributed by atoms with Gasteiger partial charge in [0.2, 0.25) is 5.91 Å². The first kappa shape index (κ1) is 22.6. The van der Waals surface area contributed by atoms with Crippen molar-refractivity contribution in [2.45, 2.75) is 12.0 Å². The molecule has 170 valence electrons. The minimum atomic E-state index is -1.29. The molecule has 1 unspecified atom stereocenters. The highest BCUT2D eigenvalue weighted by Gasteiger charge is 2.30. The minimum Gasteiger partial charge on any atom is -0.472 e. The molecule has 0 saturated carbocycles. The van der Waals surface area contributed by atoms with Gasteiger partial charge in [0.15, 0.2) is 0 Å². The lowest BCUT2D eigenvalue weighted by atomic mass is 9.98. The number of amides is 2. The first-order valence-electron chi connectivity index (χ1n) is 10.7. The van der Waals surface area contributed by atoms with Crippen LogP contribution in [0.5, 0.6) is 0 Å². The van der Waals surface area contributed by atoms with Gasteiger partial charge >= 0.3 is 12.1 Å². The van der Waals surface area contributed by atoms with E-state index in [2.05, 4.69) is 28.7 Å². The maximum atomic E-state index is 12.7. The van der Waals surface area contributed by atoms with Crippen LogP contribution in [0.15, 0.2) is 78.9 Å². The van der Waals surface area contributed by atoms with Crippen LogP contribution in [0, 0.1) is 11.8 Å². The number of carboxylic acid groups (broad SMARTS) is 1. The molecular weight excluding hydrogens is 432 g/mol. The fourth-order valence-corrected chi connectivity index (χ4v) is 4.06. The van der Waals surface area contributed by atoms with E-state index in [1.165, 1.54) is 0 Å². The first-order valence-corrected chi connectivity index (χ1v) is 10.7. The highest BCUT2D eigenvalue weighted by atomic mass is 16.5. The number of alkyl carbamates (subject to hydrolysis) is 1. The van der Waals surface area contributed by atoms with E-state index in [1.807, 2.05) is 42.3 Å². The van der Waals surface area contributed by atoms with Crippen LogP contribution < -0.4 is 10.6 Å². The smallest absolute Gasteiger partial charge is 0.408 e. The molecule has 0 heterocycles. The molecule has 0 bridgehead atoms. The molecular formula is C27H22N2O5. The van der Waals surface area contributed by atoms with Gasteiger partial charge in [-0.3, -0.25) is 4.79 Å². The first-order chi connectivity index (χ1) is 16.5. The normalized spacial score (nSPS) is 12.4. The maximum absolute atomic E-state index is 12.7. The maximum Gasteiger partial charge on any atom is 0.408 e. The van der Waals surface area contributed by atoms with Gasteiger partial charge in [-0.1, -0.05) is 84.8 Å². The summed E-state index contributed by atoms with van der Waals surface area (Å²) in [6, 6.07) is 23.7. The van der Waals surface area contributed by atoms with E-state index in [0.717, 1.165) is 22.3 Å². The molecule has 3 aromatic carbocycles. The van der Waals surface area contributed by atoms with Gasteiger partial charge in [-0.05, 0) is 27.8 Å². The van der Waals surface area contributed by atoms with E-state index < -0.39 is 24.0 Å². The summed E-state index contributed by atoms with van der Waals surface area (Å²) in [4.78, 5) is 35.9. The Labute approximate surface area is 196 Å². The Morgan fingerprint density at radius 3 is 2.09 bits per heavy atom. The Balaban J connectivity index is 1.45. The number of benzene rings is 3. The van der Waals surface area contributed by atoms with Gasteiger partial charge < -0.3 is 20.5 Å². The number of nitrogens with one attached hydrogen (secondary N) is 2. The van der Waals surface area contributed by atoms with E-state index in [0.29, 0.717) is 5.56 Å². The average molecular weight is 454 g/mol. The second-order valence-electron chi connectivity index (χ2n) is 7.64. The summed E-state index contributed by atoms with van der Waals surface area (Å²) < 4.78 is 5.56. The lowest BCUT2D eigenvalue weighted by molar-refractivity contribution is -0.130. The number of carbonyl (C=O) groups excluding carboxylic acids is 2. The third-order valence-electron chi connectivity index (χ3n) is 5.55. The van der Waals surface area contributed by atoms with Crippen LogP contribution in [-0.4, -0.2) is 36.2 Å². The average Bonchev–Trinajstić information content (AvgIpc) is 3.18. The Morgan fingerprint density at radius 1 is 0.882 bits per heavy atom. The van der Waals surface area contributed by atoms with Crippen molar-refractivity contribution in [3.8, 4) is 23.0 Å². The Kier molecular flexibility index (Phi) is 6.89.